The molecule has 0 spiro atoms. The maximum Gasteiger partial charge on any atom is 0.0991 e. The predicted octanol–water partition coefficient (Wildman–Crippen LogP) is 20.3. The van der Waals surface area contributed by atoms with Crippen LogP contribution in [0.3, 0.4) is 0 Å². The largest absolute Gasteiger partial charge is 0.313 e. The Hall–Kier alpha value is -12.2. The highest BCUT2D eigenvalue weighted by molar-refractivity contribution is 6.20. The van der Waals surface area contributed by atoms with Crippen LogP contribution in [0.15, 0.2) is 303 Å². The summed E-state index contributed by atoms with van der Waals surface area (Å²) in [6.07, 6.45) is 9.44. The van der Waals surface area contributed by atoms with Gasteiger partial charge >= 0.3 is 0 Å². The van der Waals surface area contributed by atoms with E-state index in [4.69, 9.17) is 19.9 Å². The van der Waals surface area contributed by atoms with Gasteiger partial charge in [0.1, 0.15) is 0 Å². The van der Waals surface area contributed by atoms with Crippen molar-refractivity contribution in [3.05, 3.63) is 309 Å². The zero-order valence-electron chi connectivity index (χ0n) is 48.6. The normalized spacial score (nSPS) is 11.9. The first kappa shape index (κ1) is 53.5. The van der Waals surface area contributed by atoms with Crippen molar-refractivity contribution in [2.45, 2.75) is 6.92 Å². The second-order valence-corrected chi connectivity index (χ2v) is 22.1. The second-order valence-electron chi connectivity index (χ2n) is 22.1. The average Bonchev–Trinajstić information content (AvgIpc) is 1.90. The summed E-state index contributed by atoms with van der Waals surface area (Å²) >= 11 is 0. The van der Waals surface area contributed by atoms with E-state index in [0.717, 1.165) is 156 Å². The zero-order valence-corrected chi connectivity index (χ0v) is 48.6. The molecule has 0 unspecified atom stereocenters. The molecule has 0 aliphatic heterocycles. The van der Waals surface area contributed by atoms with Gasteiger partial charge in [-0.05, 0) is 173 Å². The number of nitriles is 1. The fourth-order valence-electron chi connectivity index (χ4n) is 12.6. The monoisotopic (exact) mass is 1140 g/mol. The number of hydrogen-bond donors (Lipinski definition) is 0. The summed E-state index contributed by atoms with van der Waals surface area (Å²) in [5.74, 6) is 0. The number of rotatable bonds is 13. The minimum atomic E-state index is 0.533. The molecule has 0 radical (unpaired) electrons. The Bertz CT molecular complexity index is 5060. The van der Waals surface area contributed by atoms with Gasteiger partial charge in [0.2, 0.25) is 0 Å². The van der Waals surface area contributed by atoms with Gasteiger partial charge in [-0.3, -0.25) is 24.9 Å². The molecule has 9 aromatic carbocycles. The highest BCUT2D eigenvalue weighted by Gasteiger charge is 2.25. The summed E-state index contributed by atoms with van der Waals surface area (Å²) in [6, 6.07) is 95.5. The molecule has 8 nitrogen and oxygen atoms in total. The minimum absolute atomic E-state index is 0.533. The van der Waals surface area contributed by atoms with Crippen LogP contribution in [-0.2, 0) is 0 Å². The van der Waals surface area contributed by atoms with Crippen molar-refractivity contribution in [3.63, 3.8) is 0 Å². The first-order valence-electron chi connectivity index (χ1n) is 29.6. The first-order chi connectivity index (χ1) is 43.9. The molecule has 418 valence electrons. The molecule has 6 aromatic heterocycles. The fraction of sp³-hybridized carbons (Fsp3) is 0.0123. The van der Waals surface area contributed by atoms with Crippen molar-refractivity contribution < 1.29 is 0 Å². The van der Waals surface area contributed by atoms with Crippen LogP contribution in [0.5, 0.6) is 0 Å². The van der Waals surface area contributed by atoms with E-state index in [1.54, 1.807) is 0 Å². The number of aliphatic imine (C=N–C) groups is 1. The van der Waals surface area contributed by atoms with E-state index in [1.807, 2.05) is 122 Å². The third kappa shape index (κ3) is 10.0. The Labute approximate surface area is 515 Å². The average molecular weight is 1140 g/mol. The van der Waals surface area contributed by atoms with E-state index in [1.165, 1.54) is 0 Å². The quantitative estimate of drug-likeness (QED) is 0.0846. The van der Waals surface area contributed by atoms with Crippen LogP contribution in [-0.4, -0.2) is 35.8 Å². The van der Waals surface area contributed by atoms with Gasteiger partial charge in [-0.15, -0.1) is 0 Å². The standard InChI is InChI=1S/C81H54N8/c1-53(88-76-30-26-59(63-34-38-84-72(47-63)55-17-7-3-8-18-55)43-68(76)69-44-60(27-31-77(69)88)64-35-39-85-73(48-64)56-19-9-4-10-20-56)81(67-25-15-16-54(42-67)51-82)80(52-83-2)89-78-32-28-61(65-36-40-86-74(49-65)57-21-11-5-12-22-57)45-70(78)71-46-62(29-33-79(71)89)66-37-41-87-75(50-66)58-23-13-6-14-24-58/h3-50,52H,2H2,1H3/b80-52+,81-53+. The van der Waals surface area contributed by atoms with E-state index in [2.05, 4.69) is 210 Å². The summed E-state index contributed by atoms with van der Waals surface area (Å²) < 4.78 is 4.69. The first-order valence-corrected chi connectivity index (χ1v) is 29.6. The molecule has 0 amide bonds. The van der Waals surface area contributed by atoms with E-state index < -0.39 is 0 Å². The Kier molecular flexibility index (Phi) is 13.8. The maximum absolute atomic E-state index is 10.6. The summed E-state index contributed by atoms with van der Waals surface area (Å²) in [5, 5.41) is 14.9. The van der Waals surface area contributed by atoms with Crippen molar-refractivity contribution in [1.29, 1.82) is 5.26 Å². The van der Waals surface area contributed by atoms with Crippen molar-refractivity contribution in [2.75, 3.05) is 0 Å². The molecule has 0 aliphatic rings. The topological polar surface area (TPSA) is 97.6 Å². The molecule has 0 bridgehead atoms. The summed E-state index contributed by atoms with van der Waals surface area (Å²) in [6.45, 7) is 6.34. The minimum Gasteiger partial charge on any atom is -0.313 e. The molecular formula is C81H54N8. The summed E-state index contributed by atoms with van der Waals surface area (Å²) in [5.41, 5.74) is 24.1. The molecule has 8 heteroatoms. The SMILES string of the molecule is C=N/C=C(\C(=C(/C)n1c2ccc(-c3ccnc(-c4ccccc4)c3)cc2c2cc(-c3ccnc(-c4ccccc4)c3)ccc21)c1cccc(C#N)c1)n1c2ccc(-c3ccnc(-c4ccccc4)c3)cc2c2cc(-c3ccnc(-c4ccccc4)c3)ccc21. The van der Waals surface area contributed by atoms with Crippen molar-refractivity contribution in [1.82, 2.24) is 29.1 Å². The van der Waals surface area contributed by atoms with Gasteiger partial charge in [-0.1, -0.05) is 158 Å². The zero-order chi connectivity index (χ0) is 59.8. The maximum atomic E-state index is 10.6. The lowest BCUT2D eigenvalue weighted by atomic mass is 9.98. The van der Waals surface area contributed by atoms with Gasteiger partial charge in [0.25, 0.3) is 0 Å². The molecule has 6 heterocycles. The Morgan fingerprint density at radius 1 is 0.360 bits per heavy atom. The van der Waals surface area contributed by atoms with E-state index in [-0.39, 0.29) is 0 Å². The lowest BCUT2D eigenvalue weighted by Gasteiger charge is -2.21. The van der Waals surface area contributed by atoms with Gasteiger partial charge < -0.3 is 9.13 Å². The van der Waals surface area contributed by atoms with Gasteiger partial charge in [0.05, 0.1) is 68.4 Å². The Morgan fingerprint density at radius 2 is 0.685 bits per heavy atom. The number of fused-ring (bicyclic) bond motifs is 6. The number of pyridine rings is 4. The molecule has 0 saturated heterocycles. The lowest BCUT2D eigenvalue weighted by molar-refractivity contribution is 1.18. The molecule has 0 atom stereocenters. The van der Waals surface area contributed by atoms with Crippen molar-refractivity contribution in [3.8, 4) is 95.6 Å². The molecule has 15 aromatic rings. The predicted molar refractivity (Wildman–Crippen MR) is 367 cm³/mol. The smallest absolute Gasteiger partial charge is 0.0991 e. The number of allylic oxidation sites excluding steroid dienone is 3. The van der Waals surface area contributed by atoms with Crippen LogP contribution in [0.1, 0.15) is 18.1 Å². The molecule has 0 N–H and O–H groups in total. The van der Waals surface area contributed by atoms with Gasteiger partial charge in [-0.25, -0.2) is 0 Å². The van der Waals surface area contributed by atoms with Crippen LogP contribution < -0.4 is 0 Å². The van der Waals surface area contributed by atoms with E-state index >= 15 is 0 Å². The second kappa shape index (κ2) is 23.0. The van der Waals surface area contributed by atoms with Crippen LogP contribution in [0.25, 0.3) is 150 Å². The number of hydrogen-bond acceptors (Lipinski definition) is 6. The molecule has 15 rings (SSSR count). The number of aromatic nitrogens is 6. The van der Waals surface area contributed by atoms with Crippen LogP contribution >= 0.6 is 0 Å². The van der Waals surface area contributed by atoms with Crippen molar-refractivity contribution >= 4 is 67.3 Å². The third-order valence-corrected chi connectivity index (χ3v) is 16.9. The van der Waals surface area contributed by atoms with Gasteiger partial charge in [-0.2, -0.15) is 5.26 Å². The van der Waals surface area contributed by atoms with Crippen LogP contribution in [0.2, 0.25) is 0 Å². The molecule has 0 fully saturated rings. The molecule has 0 aliphatic carbocycles. The van der Waals surface area contributed by atoms with Crippen molar-refractivity contribution in [2.24, 2.45) is 4.99 Å². The van der Waals surface area contributed by atoms with Gasteiger partial charge in [0.15, 0.2) is 0 Å². The summed E-state index contributed by atoms with van der Waals surface area (Å²) in [4.78, 5) is 23.9. The van der Waals surface area contributed by atoms with Crippen LogP contribution in [0, 0.1) is 11.3 Å². The molecule has 89 heavy (non-hydrogen) atoms. The summed E-state index contributed by atoms with van der Waals surface area (Å²) in [7, 11) is 0. The Morgan fingerprint density at radius 3 is 1.01 bits per heavy atom. The van der Waals surface area contributed by atoms with Crippen LogP contribution in [0.4, 0.5) is 0 Å². The van der Waals surface area contributed by atoms with E-state index in [0.29, 0.717) is 5.56 Å². The molecule has 0 saturated carbocycles. The highest BCUT2D eigenvalue weighted by Crippen LogP contribution is 2.45. The van der Waals surface area contributed by atoms with E-state index in [9.17, 15) is 5.26 Å². The molecular weight excluding hydrogens is 1080 g/mol. The third-order valence-electron chi connectivity index (χ3n) is 16.9. The lowest BCUT2D eigenvalue weighted by Crippen LogP contribution is -2.06. The fourth-order valence-corrected chi connectivity index (χ4v) is 12.6. The van der Waals surface area contributed by atoms with Gasteiger partial charge in [0, 0.05) is 79.9 Å². The Balaban J connectivity index is 0.975. The number of benzene rings is 9. The number of nitrogens with zero attached hydrogens (tertiary/aromatic N) is 8. The highest BCUT2D eigenvalue weighted by atomic mass is 15.0.